The van der Waals surface area contributed by atoms with E-state index < -0.39 is 0 Å². The zero-order chi connectivity index (χ0) is 11.3. The molecule has 0 radical (unpaired) electrons. The number of rotatable bonds is 2. The number of fused-ring (bicyclic) bond motifs is 1. The van der Waals surface area contributed by atoms with Crippen LogP contribution in [0.15, 0.2) is 10.5 Å². The average molecular weight is 282 g/mol. The van der Waals surface area contributed by atoms with Gasteiger partial charge in [-0.2, -0.15) is 0 Å². The van der Waals surface area contributed by atoms with Crippen molar-refractivity contribution in [3.05, 3.63) is 27.2 Å². The Labute approximate surface area is 104 Å². The van der Waals surface area contributed by atoms with E-state index in [-0.39, 0.29) is 5.41 Å². The first-order valence-electron chi connectivity index (χ1n) is 5.92. The molecule has 0 atom stereocenters. The lowest BCUT2D eigenvalue weighted by atomic mass is 9.92. The number of aromatic hydroxyl groups is 1. The number of hydrogen-bond donors (Lipinski definition) is 2. The van der Waals surface area contributed by atoms with Gasteiger partial charge in [-0.25, -0.2) is 0 Å². The van der Waals surface area contributed by atoms with Crippen LogP contribution in [-0.4, -0.2) is 11.7 Å². The molecule has 3 rings (SSSR count). The van der Waals surface area contributed by atoms with E-state index in [0.29, 0.717) is 12.3 Å². The lowest BCUT2D eigenvalue weighted by Gasteiger charge is -2.18. The van der Waals surface area contributed by atoms with Crippen LogP contribution in [0.3, 0.4) is 0 Å². The number of halogens is 1. The van der Waals surface area contributed by atoms with Gasteiger partial charge in [0.15, 0.2) is 0 Å². The summed E-state index contributed by atoms with van der Waals surface area (Å²) in [5.74, 6) is 0.434. The molecular weight excluding hydrogens is 266 g/mol. The van der Waals surface area contributed by atoms with E-state index in [0.717, 1.165) is 35.7 Å². The van der Waals surface area contributed by atoms with Crippen LogP contribution in [0.4, 0.5) is 0 Å². The zero-order valence-corrected chi connectivity index (χ0v) is 10.8. The third-order valence-electron chi connectivity index (χ3n) is 4.12. The number of benzene rings is 1. The minimum absolute atomic E-state index is 0.0736. The van der Waals surface area contributed by atoms with Crippen molar-refractivity contribution in [3.8, 4) is 5.75 Å². The predicted molar refractivity (Wildman–Crippen MR) is 67.8 cm³/mol. The highest BCUT2D eigenvalue weighted by molar-refractivity contribution is 9.10. The van der Waals surface area contributed by atoms with E-state index >= 15 is 0 Å². The molecule has 1 aromatic rings. The van der Waals surface area contributed by atoms with Crippen LogP contribution < -0.4 is 5.73 Å². The second-order valence-corrected chi connectivity index (χ2v) is 5.86. The third-order valence-corrected chi connectivity index (χ3v) is 4.98. The Morgan fingerprint density at radius 1 is 1.38 bits per heavy atom. The second-order valence-electron chi connectivity index (χ2n) is 5.06. The molecule has 0 spiro atoms. The topological polar surface area (TPSA) is 46.2 Å². The molecule has 1 fully saturated rings. The number of nitrogens with two attached hydrogens (primary N) is 1. The van der Waals surface area contributed by atoms with Crippen molar-refractivity contribution in [2.75, 3.05) is 6.54 Å². The molecule has 3 heteroatoms. The maximum Gasteiger partial charge on any atom is 0.133 e. The molecule has 0 amide bonds. The van der Waals surface area contributed by atoms with Gasteiger partial charge in [-0.1, -0.05) is 6.07 Å². The molecule has 0 unspecified atom stereocenters. The smallest absolute Gasteiger partial charge is 0.133 e. The number of hydrogen-bond acceptors (Lipinski definition) is 2. The van der Waals surface area contributed by atoms with Crippen LogP contribution in [0, 0.1) is 0 Å². The van der Waals surface area contributed by atoms with Crippen molar-refractivity contribution in [1.29, 1.82) is 0 Å². The zero-order valence-electron chi connectivity index (χ0n) is 9.22. The monoisotopic (exact) mass is 281 g/mol. The molecular formula is C13H16BrNO. The predicted octanol–water partition coefficient (Wildman–Crippen LogP) is 2.63. The van der Waals surface area contributed by atoms with Crippen LogP contribution in [0.1, 0.15) is 36.0 Å². The Balaban J connectivity index is 2.17. The van der Waals surface area contributed by atoms with Crippen molar-refractivity contribution in [3.63, 3.8) is 0 Å². The molecule has 0 aliphatic heterocycles. The van der Waals surface area contributed by atoms with Crippen molar-refractivity contribution in [1.82, 2.24) is 0 Å². The Bertz CT molecular complexity index is 452. The fraction of sp³-hybridized carbons (Fsp3) is 0.538. The fourth-order valence-corrected chi connectivity index (χ4v) is 3.49. The SMILES string of the molecule is NCC1(c2cc3c(c(Br)c2O)CCC3)CC1. The first-order chi connectivity index (χ1) is 7.68. The van der Waals surface area contributed by atoms with E-state index in [1.54, 1.807) is 0 Å². The maximum absolute atomic E-state index is 10.3. The lowest BCUT2D eigenvalue weighted by Crippen LogP contribution is -2.20. The normalized spacial score (nSPS) is 20.9. The highest BCUT2D eigenvalue weighted by Gasteiger charge is 2.45. The number of phenolic OH excluding ortho intramolecular Hbond substituents is 1. The molecule has 16 heavy (non-hydrogen) atoms. The number of aryl methyl sites for hydroxylation is 1. The highest BCUT2D eigenvalue weighted by Crippen LogP contribution is 2.53. The second kappa shape index (κ2) is 3.47. The summed E-state index contributed by atoms with van der Waals surface area (Å²) in [5, 5.41) is 10.3. The fourth-order valence-electron chi connectivity index (χ4n) is 2.82. The standard InChI is InChI=1S/C13H16BrNO/c14-11-9-3-1-2-8(9)6-10(12(11)16)13(7-15)4-5-13/h6,16H,1-5,7,15H2. The Morgan fingerprint density at radius 2 is 2.12 bits per heavy atom. The van der Waals surface area contributed by atoms with E-state index in [4.69, 9.17) is 5.73 Å². The van der Waals surface area contributed by atoms with Gasteiger partial charge in [0, 0.05) is 17.5 Å². The molecule has 0 bridgehead atoms. The Morgan fingerprint density at radius 3 is 2.75 bits per heavy atom. The van der Waals surface area contributed by atoms with Crippen LogP contribution in [0.2, 0.25) is 0 Å². The molecule has 0 aromatic heterocycles. The maximum atomic E-state index is 10.3. The van der Waals surface area contributed by atoms with Crippen LogP contribution in [0.25, 0.3) is 0 Å². The van der Waals surface area contributed by atoms with Gasteiger partial charge >= 0.3 is 0 Å². The van der Waals surface area contributed by atoms with Gasteiger partial charge in [0.1, 0.15) is 5.75 Å². The summed E-state index contributed by atoms with van der Waals surface area (Å²) in [6.07, 6.45) is 5.65. The first kappa shape index (κ1) is 10.6. The van der Waals surface area contributed by atoms with E-state index in [9.17, 15) is 5.11 Å². The van der Waals surface area contributed by atoms with Gasteiger partial charge in [-0.15, -0.1) is 0 Å². The van der Waals surface area contributed by atoms with Crippen molar-refractivity contribution in [2.24, 2.45) is 5.73 Å². The molecule has 0 heterocycles. The minimum Gasteiger partial charge on any atom is -0.506 e. The molecule has 3 N–H and O–H groups in total. The van der Waals surface area contributed by atoms with E-state index in [1.165, 1.54) is 17.5 Å². The quantitative estimate of drug-likeness (QED) is 0.876. The molecule has 1 aromatic carbocycles. The molecule has 2 aliphatic carbocycles. The summed E-state index contributed by atoms with van der Waals surface area (Å²) in [6.45, 7) is 0.645. The van der Waals surface area contributed by atoms with Gasteiger partial charge in [0.2, 0.25) is 0 Å². The van der Waals surface area contributed by atoms with Crippen molar-refractivity contribution in [2.45, 2.75) is 37.5 Å². The van der Waals surface area contributed by atoms with Crippen LogP contribution >= 0.6 is 15.9 Å². The van der Waals surface area contributed by atoms with Gasteiger partial charge in [0.25, 0.3) is 0 Å². The summed E-state index contributed by atoms with van der Waals surface area (Å²) in [4.78, 5) is 0. The molecule has 2 nitrogen and oxygen atoms in total. The summed E-state index contributed by atoms with van der Waals surface area (Å²) in [7, 11) is 0. The highest BCUT2D eigenvalue weighted by atomic mass is 79.9. The van der Waals surface area contributed by atoms with Gasteiger partial charge in [0.05, 0.1) is 4.47 Å². The summed E-state index contributed by atoms with van der Waals surface area (Å²) in [5.41, 5.74) is 9.69. The molecule has 86 valence electrons. The minimum atomic E-state index is 0.0736. The van der Waals surface area contributed by atoms with Crippen LogP contribution in [-0.2, 0) is 18.3 Å². The third kappa shape index (κ3) is 1.34. The molecule has 0 saturated heterocycles. The molecule has 1 saturated carbocycles. The summed E-state index contributed by atoms with van der Waals surface area (Å²) >= 11 is 3.54. The van der Waals surface area contributed by atoms with E-state index in [2.05, 4.69) is 22.0 Å². The van der Waals surface area contributed by atoms with Crippen LogP contribution in [0.5, 0.6) is 5.75 Å². The molecule has 2 aliphatic rings. The van der Waals surface area contributed by atoms with Gasteiger partial charge in [-0.3, -0.25) is 0 Å². The lowest BCUT2D eigenvalue weighted by molar-refractivity contribution is 0.454. The average Bonchev–Trinajstić information content (AvgIpc) is 2.95. The Kier molecular flexibility index (Phi) is 2.30. The largest absolute Gasteiger partial charge is 0.506 e. The Hall–Kier alpha value is -0.540. The summed E-state index contributed by atoms with van der Waals surface area (Å²) in [6, 6.07) is 2.20. The van der Waals surface area contributed by atoms with Crippen molar-refractivity contribution < 1.29 is 5.11 Å². The summed E-state index contributed by atoms with van der Waals surface area (Å²) < 4.78 is 0.914. The van der Waals surface area contributed by atoms with E-state index in [1.807, 2.05) is 0 Å². The van der Waals surface area contributed by atoms with Crippen molar-refractivity contribution >= 4 is 15.9 Å². The number of phenols is 1. The van der Waals surface area contributed by atoms with Gasteiger partial charge in [-0.05, 0) is 59.2 Å². The van der Waals surface area contributed by atoms with Gasteiger partial charge < -0.3 is 10.8 Å². The first-order valence-corrected chi connectivity index (χ1v) is 6.71.